The van der Waals surface area contributed by atoms with Crippen molar-refractivity contribution in [1.82, 2.24) is 25.9 Å². The lowest BCUT2D eigenvalue weighted by atomic mass is 10.0. The third-order valence-electron chi connectivity index (χ3n) is 5.67. The highest BCUT2D eigenvalue weighted by Crippen LogP contribution is 2.11. The molecule has 216 valence electrons. The average molecular weight is 561 g/mol. The Morgan fingerprint density at radius 2 is 1.45 bits per heavy atom. The molecule has 0 spiro atoms. The molecule has 0 fully saturated rings. The fourth-order valence-electron chi connectivity index (χ4n) is 3.58. The van der Waals surface area contributed by atoms with Crippen LogP contribution in [0.1, 0.15) is 30.5 Å². The molecule has 0 aliphatic rings. The van der Waals surface area contributed by atoms with Crippen LogP contribution in [0.2, 0.25) is 0 Å². The van der Waals surface area contributed by atoms with Crippen LogP contribution in [0.15, 0.2) is 36.8 Å². The molecule has 2 rings (SSSR count). The van der Waals surface area contributed by atoms with Crippen molar-refractivity contribution in [2.75, 3.05) is 0 Å². The molecule has 5 amide bonds. The number of nitrogens with two attached hydrogens (primary N) is 3. The van der Waals surface area contributed by atoms with Crippen LogP contribution in [0.5, 0.6) is 5.75 Å². The standard InChI is InChI=1S/C24H32N8O8/c25-15(7-12-1-3-14(33)4-2-12)21(36)30-16(5-6-19(26)34)22(37)31-17(9-20(27)35)23(38)32-18(24(39)40)8-13-10-28-11-29-13/h1-4,10-11,15-18,33H,5-9,25H2,(H2,26,34)(H2,27,35)(H,28,29)(H,30,36)(H,31,37)(H,32,38)(H,39,40). The zero-order chi connectivity index (χ0) is 29.8. The Labute approximate surface area is 228 Å². The molecule has 0 bridgehead atoms. The minimum Gasteiger partial charge on any atom is -0.508 e. The predicted molar refractivity (Wildman–Crippen MR) is 138 cm³/mol. The van der Waals surface area contributed by atoms with Gasteiger partial charge in [-0.05, 0) is 30.5 Å². The van der Waals surface area contributed by atoms with Gasteiger partial charge in [0.2, 0.25) is 29.5 Å². The maximum atomic E-state index is 13.1. The van der Waals surface area contributed by atoms with E-state index in [1.807, 2.05) is 0 Å². The van der Waals surface area contributed by atoms with Crippen molar-refractivity contribution in [2.45, 2.75) is 56.3 Å². The fourth-order valence-corrected chi connectivity index (χ4v) is 3.58. The minimum atomic E-state index is -1.60. The second-order valence-electron chi connectivity index (χ2n) is 8.96. The van der Waals surface area contributed by atoms with Gasteiger partial charge in [0.1, 0.15) is 23.9 Å². The van der Waals surface area contributed by atoms with E-state index in [9.17, 15) is 39.0 Å². The number of benzene rings is 1. The number of hydrogen-bond acceptors (Lipinski definition) is 9. The third kappa shape index (κ3) is 10.4. The van der Waals surface area contributed by atoms with Crippen LogP contribution < -0.4 is 33.2 Å². The number of carbonyl (C=O) groups is 6. The number of imidazole rings is 1. The molecule has 4 unspecified atom stereocenters. The summed E-state index contributed by atoms with van der Waals surface area (Å²) in [5.74, 6) is -5.86. The number of aromatic nitrogens is 2. The Balaban J connectivity index is 2.14. The lowest BCUT2D eigenvalue weighted by Gasteiger charge is -2.24. The van der Waals surface area contributed by atoms with Crippen LogP contribution in [0.3, 0.4) is 0 Å². The molecule has 0 aliphatic carbocycles. The normalized spacial score (nSPS) is 13.7. The van der Waals surface area contributed by atoms with Gasteiger partial charge in [0.25, 0.3) is 0 Å². The Morgan fingerprint density at radius 1 is 0.850 bits per heavy atom. The zero-order valence-electron chi connectivity index (χ0n) is 21.3. The van der Waals surface area contributed by atoms with E-state index >= 15 is 0 Å². The summed E-state index contributed by atoms with van der Waals surface area (Å²) in [6.07, 6.45) is 1.30. The maximum Gasteiger partial charge on any atom is 0.326 e. The van der Waals surface area contributed by atoms with Gasteiger partial charge < -0.3 is 48.3 Å². The number of carboxylic acids is 1. The Kier molecular flexibility index (Phi) is 11.6. The lowest BCUT2D eigenvalue weighted by Crippen LogP contribution is -2.58. The van der Waals surface area contributed by atoms with Gasteiger partial charge in [-0.2, -0.15) is 0 Å². The number of aliphatic carboxylic acids is 1. The zero-order valence-corrected chi connectivity index (χ0v) is 21.3. The Hall–Kier alpha value is -4.99. The van der Waals surface area contributed by atoms with E-state index in [1.165, 1.54) is 24.7 Å². The summed E-state index contributed by atoms with van der Waals surface area (Å²) in [7, 11) is 0. The topological polar surface area (TPSA) is 286 Å². The molecule has 0 radical (unpaired) electrons. The molecule has 16 heteroatoms. The number of phenols is 1. The van der Waals surface area contributed by atoms with Gasteiger partial charge in [0.05, 0.1) is 18.8 Å². The van der Waals surface area contributed by atoms with Gasteiger partial charge in [0, 0.05) is 24.7 Å². The number of H-pyrrole nitrogens is 1. The van der Waals surface area contributed by atoms with Crippen LogP contribution in [-0.4, -0.2) is 79.9 Å². The van der Waals surface area contributed by atoms with Gasteiger partial charge in [-0.25, -0.2) is 9.78 Å². The molecule has 12 N–H and O–H groups in total. The van der Waals surface area contributed by atoms with Gasteiger partial charge in [-0.1, -0.05) is 12.1 Å². The van der Waals surface area contributed by atoms with Crippen molar-refractivity contribution in [3.05, 3.63) is 48.0 Å². The molecule has 1 aromatic heterocycles. The smallest absolute Gasteiger partial charge is 0.326 e. The number of rotatable bonds is 16. The molecule has 40 heavy (non-hydrogen) atoms. The maximum absolute atomic E-state index is 13.1. The van der Waals surface area contributed by atoms with E-state index in [1.54, 1.807) is 12.1 Å². The summed E-state index contributed by atoms with van der Waals surface area (Å²) in [5.41, 5.74) is 17.4. The van der Waals surface area contributed by atoms with Gasteiger partial charge in [-0.3, -0.25) is 24.0 Å². The van der Waals surface area contributed by atoms with E-state index in [4.69, 9.17) is 17.2 Å². The van der Waals surface area contributed by atoms with E-state index in [0.29, 0.717) is 11.3 Å². The average Bonchev–Trinajstić information content (AvgIpc) is 3.39. The first-order chi connectivity index (χ1) is 18.8. The second kappa shape index (κ2) is 14.8. The third-order valence-corrected chi connectivity index (χ3v) is 5.67. The summed E-state index contributed by atoms with van der Waals surface area (Å²) in [6, 6.07) is 0.378. The number of carbonyl (C=O) groups excluding carboxylic acids is 5. The monoisotopic (exact) mass is 560 g/mol. The van der Waals surface area contributed by atoms with Crippen molar-refractivity contribution >= 4 is 35.5 Å². The summed E-state index contributed by atoms with van der Waals surface area (Å²) in [4.78, 5) is 79.8. The lowest BCUT2D eigenvalue weighted by molar-refractivity contribution is -0.142. The Bertz CT molecular complexity index is 1200. The van der Waals surface area contributed by atoms with E-state index < -0.39 is 66.1 Å². The van der Waals surface area contributed by atoms with Gasteiger partial charge in [0.15, 0.2) is 0 Å². The number of primary amides is 2. The van der Waals surface area contributed by atoms with Gasteiger partial charge >= 0.3 is 5.97 Å². The summed E-state index contributed by atoms with van der Waals surface area (Å²) in [6.45, 7) is 0. The van der Waals surface area contributed by atoms with Gasteiger partial charge in [-0.15, -0.1) is 0 Å². The molecular formula is C24H32N8O8. The van der Waals surface area contributed by atoms with Crippen molar-refractivity contribution in [2.24, 2.45) is 17.2 Å². The number of nitrogens with one attached hydrogen (secondary N) is 4. The summed E-state index contributed by atoms with van der Waals surface area (Å²) < 4.78 is 0. The minimum absolute atomic E-state index is 0.0236. The number of aromatic hydroxyl groups is 1. The molecule has 0 saturated heterocycles. The van der Waals surface area contributed by atoms with Crippen molar-refractivity contribution in [1.29, 1.82) is 0 Å². The predicted octanol–water partition coefficient (Wildman–Crippen LogP) is -3.09. The highest BCUT2D eigenvalue weighted by Gasteiger charge is 2.31. The number of hydrogen-bond donors (Lipinski definition) is 9. The molecule has 1 aromatic carbocycles. The molecule has 2 aromatic rings. The van der Waals surface area contributed by atoms with Crippen molar-refractivity contribution in [3.63, 3.8) is 0 Å². The first-order valence-electron chi connectivity index (χ1n) is 12.1. The highest BCUT2D eigenvalue weighted by molar-refractivity contribution is 5.96. The van der Waals surface area contributed by atoms with Crippen molar-refractivity contribution in [3.8, 4) is 5.75 Å². The number of nitrogens with zero attached hydrogens (tertiary/aromatic N) is 1. The summed E-state index contributed by atoms with van der Waals surface area (Å²) in [5, 5.41) is 25.8. The highest BCUT2D eigenvalue weighted by atomic mass is 16.4. The van der Waals surface area contributed by atoms with E-state index in [2.05, 4.69) is 25.9 Å². The van der Waals surface area contributed by atoms with Crippen molar-refractivity contribution < 1.29 is 39.0 Å². The SMILES string of the molecule is NC(=O)CCC(NC(=O)C(N)Cc1ccc(O)cc1)C(=O)NC(CC(N)=O)C(=O)NC(Cc1cnc[nH]1)C(=O)O. The molecule has 0 saturated carbocycles. The largest absolute Gasteiger partial charge is 0.508 e. The first-order valence-corrected chi connectivity index (χ1v) is 12.1. The van der Waals surface area contributed by atoms with E-state index in [0.717, 1.165) is 0 Å². The van der Waals surface area contributed by atoms with Crippen LogP contribution in [0, 0.1) is 0 Å². The van der Waals surface area contributed by atoms with Crippen LogP contribution in [-0.2, 0) is 41.6 Å². The number of aromatic amines is 1. The van der Waals surface area contributed by atoms with E-state index in [-0.39, 0.29) is 31.4 Å². The molecule has 0 aliphatic heterocycles. The number of amides is 5. The quantitative estimate of drug-likeness (QED) is 0.0996. The second-order valence-corrected chi connectivity index (χ2v) is 8.96. The number of phenolic OH excluding ortho intramolecular Hbond substituents is 1. The summed E-state index contributed by atoms with van der Waals surface area (Å²) >= 11 is 0. The first kappa shape index (κ1) is 31.2. The molecule has 1 heterocycles. The molecule has 16 nitrogen and oxygen atoms in total. The van der Waals surface area contributed by atoms with Crippen LogP contribution in [0.4, 0.5) is 0 Å². The molecular weight excluding hydrogens is 528 g/mol. The van der Waals surface area contributed by atoms with Crippen LogP contribution >= 0.6 is 0 Å². The molecule has 4 atom stereocenters. The van der Waals surface area contributed by atoms with Crippen LogP contribution in [0.25, 0.3) is 0 Å². The number of carboxylic acid groups (broad SMARTS) is 1. The fraction of sp³-hybridized carbons (Fsp3) is 0.375. The Morgan fingerprint density at radius 3 is 2.00 bits per heavy atom.